The molecule has 20 heavy (non-hydrogen) atoms. The highest BCUT2D eigenvalue weighted by Crippen LogP contribution is 2.34. The molecule has 0 bridgehead atoms. The third kappa shape index (κ3) is 2.15. The van der Waals surface area contributed by atoms with Gasteiger partial charge in [0.1, 0.15) is 24.1 Å². The Bertz CT molecular complexity index is 472. The van der Waals surface area contributed by atoms with Crippen LogP contribution in [0.25, 0.3) is 0 Å². The summed E-state index contributed by atoms with van der Waals surface area (Å²) >= 11 is 0. The van der Waals surface area contributed by atoms with Crippen LogP contribution in [0.3, 0.4) is 0 Å². The van der Waals surface area contributed by atoms with Gasteiger partial charge in [-0.25, -0.2) is 4.98 Å². The van der Waals surface area contributed by atoms with Gasteiger partial charge in [0.05, 0.1) is 24.4 Å². The summed E-state index contributed by atoms with van der Waals surface area (Å²) in [5.74, 6) is 0.309. The SMILES string of the molecule is OC[C@@H]1[C@@H](O)[C@H](O)[C@@H](O)c2nc([C@@H]3CCCCN3)cn21. The van der Waals surface area contributed by atoms with Crippen LogP contribution in [-0.4, -0.2) is 55.3 Å². The lowest BCUT2D eigenvalue weighted by Gasteiger charge is -2.35. The van der Waals surface area contributed by atoms with Crippen molar-refractivity contribution in [2.24, 2.45) is 0 Å². The highest BCUT2D eigenvalue weighted by Gasteiger charge is 2.42. The highest BCUT2D eigenvalue weighted by atomic mass is 16.4. The number of nitrogens with zero attached hydrogens (tertiary/aromatic N) is 2. The van der Waals surface area contributed by atoms with Crippen LogP contribution in [0.4, 0.5) is 0 Å². The first-order valence-electron chi connectivity index (χ1n) is 7.10. The number of piperidine rings is 1. The van der Waals surface area contributed by atoms with E-state index in [0.29, 0.717) is 5.82 Å². The Balaban J connectivity index is 1.95. The maximum Gasteiger partial charge on any atom is 0.141 e. The van der Waals surface area contributed by atoms with Crippen molar-refractivity contribution in [2.75, 3.05) is 13.2 Å². The van der Waals surface area contributed by atoms with E-state index in [4.69, 9.17) is 0 Å². The third-order valence-electron chi connectivity index (χ3n) is 4.32. The van der Waals surface area contributed by atoms with Crippen LogP contribution in [0, 0.1) is 0 Å². The van der Waals surface area contributed by atoms with Gasteiger partial charge in [0.2, 0.25) is 0 Å². The number of hydrogen-bond donors (Lipinski definition) is 5. The lowest BCUT2D eigenvalue weighted by atomic mass is 9.96. The molecular formula is C13H21N3O4. The number of aliphatic hydroxyl groups excluding tert-OH is 4. The lowest BCUT2D eigenvalue weighted by Crippen LogP contribution is -2.46. The molecule has 0 radical (unpaired) electrons. The van der Waals surface area contributed by atoms with Crippen molar-refractivity contribution in [3.8, 4) is 0 Å². The Morgan fingerprint density at radius 1 is 1.25 bits per heavy atom. The summed E-state index contributed by atoms with van der Waals surface area (Å²) in [6, 6.07) is -0.545. The van der Waals surface area contributed by atoms with E-state index in [1.807, 2.05) is 0 Å². The number of aromatic nitrogens is 2. The standard InChI is InChI=1S/C13H21N3O4/c17-6-9-10(18)11(19)12(20)13-15-8(5-16(9)13)7-3-1-2-4-14-7/h5,7,9-12,14,17-20H,1-4,6H2/t7-,9+,10+,11-,12+/m0/s1. The summed E-state index contributed by atoms with van der Waals surface area (Å²) in [4.78, 5) is 4.41. The number of imidazole rings is 1. The summed E-state index contributed by atoms with van der Waals surface area (Å²) in [6.07, 6.45) is 1.24. The minimum absolute atomic E-state index is 0.127. The van der Waals surface area contributed by atoms with Crippen LogP contribution >= 0.6 is 0 Å². The molecule has 7 heteroatoms. The van der Waals surface area contributed by atoms with E-state index in [1.165, 1.54) is 0 Å². The second-order valence-electron chi connectivity index (χ2n) is 5.61. The van der Waals surface area contributed by atoms with Crippen LogP contribution in [-0.2, 0) is 0 Å². The molecule has 0 aliphatic carbocycles. The van der Waals surface area contributed by atoms with Crippen LogP contribution in [0.2, 0.25) is 0 Å². The molecule has 1 aromatic rings. The van der Waals surface area contributed by atoms with Gasteiger partial charge in [-0.2, -0.15) is 0 Å². The van der Waals surface area contributed by atoms with Crippen LogP contribution in [0.5, 0.6) is 0 Å². The van der Waals surface area contributed by atoms with E-state index >= 15 is 0 Å². The molecule has 2 aliphatic rings. The predicted molar refractivity (Wildman–Crippen MR) is 69.9 cm³/mol. The van der Waals surface area contributed by atoms with Gasteiger partial charge < -0.3 is 30.3 Å². The Morgan fingerprint density at radius 2 is 2.05 bits per heavy atom. The Kier molecular flexibility index (Phi) is 3.78. The number of rotatable bonds is 2. The molecule has 5 atom stereocenters. The molecule has 5 N–H and O–H groups in total. The molecule has 0 spiro atoms. The van der Waals surface area contributed by atoms with Gasteiger partial charge in [-0.3, -0.25) is 0 Å². The number of aliphatic hydroxyl groups is 4. The third-order valence-corrected chi connectivity index (χ3v) is 4.32. The zero-order chi connectivity index (χ0) is 14.3. The smallest absolute Gasteiger partial charge is 0.141 e. The maximum absolute atomic E-state index is 10.0. The fourth-order valence-electron chi connectivity index (χ4n) is 3.11. The number of nitrogens with one attached hydrogen (secondary N) is 1. The summed E-state index contributed by atoms with van der Waals surface area (Å²) in [6.45, 7) is 0.621. The van der Waals surface area contributed by atoms with Gasteiger partial charge in [0.25, 0.3) is 0 Å². The molecule has 3 heterocycles. The van der Waals surface area contributed by atoms with Crippen molar-refractivity contribution in [2.45, 2.75) is 49.7 Å². The van der Waals surface area contributed by atoms with Gasteiger partial charge >= 0.3 is 0 Å². The fraction of sp³-hybridized carbons (Fsp3) is 0.769. The molecule has 1 fully saturated rings. The monoisotopic (exact) mass is 283 g/mol. The highest BCUT2D eigenvalue weighted by molar-refractivity contribution is 5.17. The van der Waals surface area contributed by atoms with E-state index in [1.54, 1.807) is 10.8 Å². The molecule has 112 valence electrons. The molecule has 0 aromatic carbocycles. The van der Waals surface area contributed by atoms with Crippen molar-refractivity contribution in [1.29, 1.82) is 0 Å². The zero-order valence-electron chi connectivity index (χ0n) is 11.2. The first-order chi connectivity index (χ1) is 9.63. The molecule has 0 unspecified atom stereocenters. The van der Waals surface area contributed by atoms with Gasteiger partial charge in [0, 0.05) is 6.20 Å². The Hall–Kier alpha value is -0.990. The zero-order valence-corrected chi connectivity index (χ0v) is 11.2. The quantitative estimate of drug-likeness (QED) is 0.476. The second-order valence-corrected chi connectivity index (χ2v) is 5.61. The van der Waals surface area contributed by atoms with E-state index in [0.717, 1.165) is 31.5 Å². The summed E-state index contributed by atoms with van der Waals surface area (Å²) in [5.41, 5.74) is 0.790. The molecule has 0 saturated carbocycles. The van der Waals surface area contributed by atoms with Crippen LogP contribution < -0.4 is 5.32 Å². The van der Waals surface area contributed by atoms with Gasteiger partial charge in [0.15, 0.2) is 0 Å². The second kappa shape index (κ2) is 5.42. The average Bonchev–Trinajstić information content (AvgIpc) is 2.91. The molecule has 3 rings (SSSR count). The van der Waals surface area contributed by atoms with Crippen molar-refractivity contribution < 1.29 is 20.4 Å². The van der Waals surface area contributed by atoms with Crippen LogP contribution in [0.15, 0.2) is 6.20 Å². The largest absolute Gasteiger partial charge is 0.394 e. The minimum atomic E-state index is -1.32. The van der Waals surface area contributed by atoms with Crippen molar-refractivity contribution >= 4 is 0 Å². The van der Waals surface area contributed by atoms with Gasteiger partial charge in [-0.05, 0) is 19.4 Å². The van der Waals surface area contributed by atoms with Gasteiger partial charge in [-0.1, -0.05) is 6.42 Å². The molecular weight excluding hydrogens is 262 g/mol. The Morgan fingerprint density at radius 3 is 2.70 bits per heavy atom. The van der Waals surface area contributed by atoms with Crippen molar-refractivity contribution in [1.82, 2.24) is 14.9 Å². The molecule has 1 aromatic heterocycles. The molecule has 2 aliphatic heterocycles. The van der Waals surface area contributed by atoms with E-state index in [9.17, 15) is 20.4 Å². The summed E-state index contributed by atoms with van der Waals surface area (Å²) < 4.78 is 1.59. The minimum Gasteiger partial charge on any atom is -0.394 e. The number of fused-ring (bicyclic) bond motifs is 1. The first kappa shape index (κ1) is 14.0. The topological polar surface area (TPSA) is 111 Å². The van der Waals surface area contributed by atoms with E-state index in [-0.39, 0.29) is 12.6 Å². The first-order valence-corrected chi connectivity index (χ1v) is 7.10. The molecule has 7 nitrogen and oxygen atoms in total. The lowest BCUT2D eigenvalue weighted by molar-refractivity contribution is -0.108. The van der Waals surface area contributed by atoms with Crippen LogP contribution in [0.1, 0.15) is 49.0 Å². The normalized spacial score (nSPS) is 37.7. The van der Waals surface area contributed by atoms with Gasteiger partial charge in [-0.15, -0.1) is 0 Å². The predicted octanol–water partition coefficient (Wildman–Crippen LogP) is -1.00. The molecule has 0 amide bonds. The van der Waals surface area contributed by atoms with Crippen molar-refractivity contribution in [3.05, 3.63) is 17.7 Å². The molecule has 1 saturated heterocycles. The summed E-state index contributed by atoms with van der Waals surface area (Å²) in [7, 11) is 0. The number of hydrogen-bond acceptors (Lipinski definition) is 6. The van der Waals surface area contributed by atoms with E-state index < -0.39 is 24.4 Å². The Labute approximate surface area is 116 Å². The van der Waals surface area contributed by atoms with Crippen molar-refractivity contribution in [3.63, 3.8) is 0 Å². The average molecular weight is 283 g/mol. The van der Waals surface area contributed by atoms with E-state index in [2.05, 4.69) is 10.3 Å². The summed E-state index contributed by atoms with van der Waals surface area (Å²) in [5, 5.41) is 42.6. The fourth-order valence-corrected chi connectivity index (χ4v) is 3.11. The maximum atomic E-state index is 10.0.